The first-order chi connectivity index (χ1) is 10.2. The zero-order valence-electron chi connectivity index (χ0n) is 12.2. The van der Waals surface area contributed by atoms with Gasteiger partial charge in [-0.15, -0.1) is 0 Å². The number of benzene rings is 1. The highest BCUT2D eigenvalue weighted by Gasteiger charge is 2.30. The van der Waals surface area contributed by atoms with Crippen LogP contribution in [0.2, 0.25) is 0 Å². The van der Waals surface area contributed by atoms with Gasteiger partial charge >= 0.3 is 0 Å². The van der Waals surface area contributed by atoms with Gasteiger partial charge in [0.25, 0.3) is 0 Å². The van der Waals surface area contributed by atoms with Crippen molar-refractivity contribution in [3.05, 3.63) is 23.8 Å². The number of hydrogen-bond donors (Lipinski definition) is 2. The Bertz CT molecular complexity index is 566. The van der Waals surface area contributed by atoms with E-state index in [1.165, 1.54) is 0 Å². The van der Waals surface area contributed by atoms with Crippen LogP contribution in [0.5, 0.6) is 0 Å². The second kappa shape index (κ2) is 6.15. The second-order valence-electron chi connectivity index (χ2n) is 5.48. The molecule has 114 valence electrons. The van der Waals surface area contributed by atoms with Crippen molar-refractivity contribution in [1.29, 1.82) is 0 Å². The molecule has 2 N–H and O–H groups in total. The molecule has 1 saturated heterocycles. The minimum absolute atomic E-state index is 0.0235. The molecule has 2 aliphatic heterocycles. The van der Waals surface area contributed by atoms with E-state index < -0.39 is 10.8 Å². The lowest BCUT2D eigenvalue weighted by atomic mass is 10.1. The van der Waals surface area contributed by atoms with Crippen molar-refractivity contribution in [2.24, 2.45) is 0 Å². The predicted molar refractivity (Wildman–Crippen MR) is 86.2 cm³/mol. The maximum absolute atomic E-state index is 12.0. The summed E-state index contributed by atoms with van der Waals surface area (Å²) in [7, 11) is -0.671. The lowest BCUT2D eigenvalue weighted by Gasteiger charge is -2.28. The molecule has 1 atom stereocenters. The van der Waals surface area contributed by atoms with Crippen molar-refractivity contribution in [1.82, 2.24) is 5.32 Å². The van der Waals surface area contributed by atoms with Gasteiger partial charge in [0.2, 0.25) is 5.91 Å². The van der Waals surface area contributed by atoms with Crippen LogP contribution in [0, 0.1) is 0 Å². The minimum atomic E-state index is -0.671. The van der Waals surface area contributed by atoms with Crippen LogP contribution >= 0.6 is 0 Å². The Kier molecular flexibility index (Phi) is 4.26. The number of carbonyl (C=O) groups excluding carboxylic acids is 1. The van der Waals surface area contributed by atoms with Gasteiger partial charge < -0.3 is 15.5 Å². The van der Waals surface area contributed by atoms with Crippen LogP contribution in [0.4, 0.5) is 11.4 Å². The van der Waals surface area contributed by atoms with Gasteiger partial charge in [0, 0.05) is 52.3 Å². The fraction of sp³-hybridized carbons (Fsp3) is 0.533. The highest BCUT2D eigenvalue weighted by molar-refractivity contribution is 7.85. The molecule has 0 bridgehead atoms. The van der Waals surface area contributed by atoms with Crippen LogP contribution in [0.1, 0.15) is 24.9 Å². The Morgan fingerprint density at radius 2 is 2.14 bits per heavy atom. The van der Waals surface area contributed by atoms with Crippen LogP contribution in [-0.4, -0.2) is 41.3 Å². The molecule has 0 saturated carbocycles. The van der Waals surface area contributed by atoms with E-state index in [9.17, 15) is 9.00 Å². The zero-order valence-corrected chi connectivity index (χ0v) is 13.0. The summed E-state index contributed by atoms with van der Waals surface area (Å²) in [4.78, 5) is 14.3. The number of fused-ring (bicyclic) bond motifs is 1. The molecule has 2 aliphatic rings. The summed E-state index contributed by atoms with van der Waals surface area (Å²) in [6.45, 7) is 4.55. The van der Waals surface area contributed by atoms with Crippen LogP contribution < -0.4 is 15.5 Å². The zero-order chi connectivity index (χ0) is 14.8. The van der Waals surface area contributed by atoms with Crippen molar-refractivity contribution in [2.75, 3.05) is 41.4 Å². The van der Waals surface area contributed by atoms with Crippen LogP contribution in [0.3, 0.4) is 0 Å². The fourth-order valence-corrected chi connectivity index (χ4v) is 3.89. The Morgan fingerprint density at radius 1 is 1.38 bits per heavy atom. The van der Waals surface area contributed by atoms with Crippen LogP contribution in [-0.2, 0) is 15.6 Å². The first-order valence-electron chi connectivity index (χ1n) is 7.47. The molecule has 0 spiro atoms. The maximum Gasteiger partial charge on any atom is 0.246 e. The minimum Gasteiger partial charge on any atom is -0.370 e. The van der Waals surface area contributed by atoms with Crippen molar-refractivity contribution >= 4 is 28.1 Å². The Morgan fingerprint density at radius 3 is 2.86 bits per heavy atom. The second-order valence-corrected chi connectivity index (χ2v) is 7.18. The maximum atomic E-state index is 12.0. The summed E-state index contributed by atoms with van der Waals surface area (Å²) in [6, 6.07) is 5.90. The predicted octanol–water partition coefficient (Wildman–Crippen LogP) is 1.25. The van der Waals surface area contributed by atoms with E-state index in [4.69, 9.17) is 0 Å². The molecule has 6 heteroatoms. The van der Waals surface area contributed by atoms with E-state index in [0.29, 0.717) is 0 Å². The molecular weight excluding hydrogens is 286 g/mol. The average Bonchev–Trinajstić information content (AvgIpc) is 2.80. The third-order valence-electron chi connectivity index (χ3n) is 4.01. The fourth-order valence-electron chi connectivity index (χ4n) is 2.83. The highest BCUT2D eigenvalue weighted by Crippen LogP contribution is 2.34. The van der Waals surface area contributed by atoms with E-state index in [-0.39, 0.29) is 11.9 Å². The lowest BCUT2D eigenvalue weighted by Crippen LogP contribution is -2.37. The first kappa shape index (κ1) is 14.5. The highest BCUT2D eigenvalue weighted by atomic mass is 32.2. The molecule has 0 radical (unpaired) electrons. The van der Waals surface area contributed by atoms with Crippen molar-refractivity contribution in [3.63, 3.8) is 0 Å². The molecule has 5 nitrogen and oxygen atoms in total. The van der Waals surface area contributed by atoms with Gasteiger partial charge in [-0.2, -0.15) is 0 Å². The Hall–Kier alpha value is -1.40. The van der Waals surface area contributed by atoms with Crippen molar-refractivity contribution < 1.29 is 9.00 Å². The molecule has 3 rings (SSSR count). The first-order valence-corrected chi connectivity index (χ1v) is 8.96. The van der Waals surface area contributed by atoms with E-state index in [1.54, 1.807) is 0 Å². The van der Waals surface area contributed by atoms with Crippen molar-refractivity contribution in [3.8, 4) is 0 Å². The number of nitrogens with one attached hydrogen (secondary N) is 2. The summed E-state index contributed by atoms with van der Waals surface area (Å²) in [5.74, 6) is 1.48. The number of nitrogens with zero attached hydrogens (tertiary/aromatic N) is 1. The average molecular weight is 307 g/mol. The van der Waals surface area contributed by atoms with Crippen LogP contribution in [0.25, 0.3) is 0 Å². The molecule has 1 aromatic carbocycles. The van der Waals surface area contributed by atoms with E-state index >= 15 is 0 Å². The summed E-state index contributed by atoms with van der Waals surface area (Å²) in [5, 5.41) is 6.23. The summed E-state index contributed by atoms with van der Waals surface area (Å²) < 4.78 is 11.4. The van der Waals surface area contributed by atoms with E-state index in [0.717, 1.165) is 54.5 Å². The smallest absolute Gasteiger partial charge is 0.246 e. The SMILES string of the molecule is CCCNC1C(=O)Nc2cc(N3CCS(=O)CC3)ccc21. The van der Waals surface area contributed by atoms with Gasteiger partial charge in [0.1, 0.15) is 6.04 Å². The van der Waals surface area contributed by atoms with Gasteiger partial charge in [-0.1, -0.05) is 13.0 Å². The largest absolute Gasteiger partial charge is 0.370 e. The molecule has 1 unspecified atom stereocenters. The molecule has 1 fully saturated rings. The standard InChI is InChI=1S/C15H21N3O2S/c1-2-5-16-14-12-4-3-11(10-13(12)17-15(14)19)18-6-8-21(20)9-7-18/h3-4,10,14,16H,2,5-9H2,1H3,(H,17,19). The van der Waals surface area contributed by atoms with E-state index in [1.807, 2.05) is 12.1 Å². The third kappa shape index (κ3) is 2.96. The third-order valence-corrected chi connectivity index (χ3v) is 5.29. The van der Waals surface area contributed by atoms with Gasteiger partial charge in [-0.25, -0.2) is 0 Å². The number of amides is 1. The number of carbonyl (C=O) groups is 1. The molecule has 21 heavy (non-hydrogen) atoms. The van der Waals surface area contributed by atoms with E-state index in [2.05, 4.69) is 28.5 Å². The molecule has 0 aromatic heterocycles. The Balaban J connectivity index is 1.78. The monoisotopic (exact) mass is 307 g/mol. The lowest BCUT2D eigenvalue weighted by molar-refractivity contribution is -0.117. The number of rotatable bonds is 4. The molecule has 1 aromatic rings. The van der Waals surface area contributed by atoms with Gasteiger partial charge in [-0.05, 0) is 25.1 Å². The Labute approximate surface area is 127 Å². The van der Waals surface area contributed by atoms with Crippen molar-refractivity contribution in [2.45, 2.75) is 19.4 Å². The normalized spacial score (nSPS) is 22.2. The molecular formula is C15H21N3O2S. The van der Waals surface area contributed by atoms with Gasteiger partial charge in [0.15, 0.2) is 0 Å². The number of hydrogen-bond acceptors (Lipinski definition) is 4. The summed E-state index contributed by atoms with van der Waals surface area (Å²) in [5.41, 5.74) is 3.03. The van der Waals surface area contributed by atoms with Gasteiger partial charge in [0.05, 0.1) is 0 Å². The number of anilines is 2. The topological polar surface area (TPSA) is 61.4 Å². The quantitative estimate of drug-likeness (QED) is 0.879. The summed E-state index contributed by atoms with van der Waals surface area (Å²) >= 11 is 0. The molecule has 2 heterocycles. The molecule has 0 aliphatic carbocycles. The van der Waals surface area contributed by atoms with Crippen LogP contribution in [0.15, 0.2) is 18.2 Å². The summed E-state index contributed by atoms with van der Waals surface area (Å²) in [6.07, 6.45) is 1.00. The molecule has 1 amide bonds. The van der Waals surface area contributed by atoms with Gasteiger partial charge in [-0.3, -0.25) is 9.00 Å².